The van der Waals surface area contributed by atoms with Crippen LogP contribution in [0.1, 0.15) is 21.9 Å². The molecule has 9 nitrogen and oxygen atoms in total. The fourth-order valence-electron chi connectivity index (χ4n) is 5.39. The summed E-state index contributed by atoms with van der Waals surface area (Å²) in [6.07, 6.45) is -4.68. The number of imide groups is 1. The van der Waals surface area contributed by atoms with Gasteiger partial charge < -0.3 is 15.2 Å². The van der Waals surface area contributed by atoms with Crippen LogP contribution in [0.3, 0.4) is 0 Å². The van der Waals surface area contributed by atoms with Crippen molar-refractivity contribution >= 4 is 52.2 Å². The second-order valence-corrected chi connectivity index (χ2v) is 12.2. The summed E-state index contributed by atoms with van der Waals surface area (Å²) in [4.78, 5) is 54.7. The van der Waals surface area contributed by atoms with Crippen LogP contribution in [0, 0.1) is 5.92 Å². The minimum Gasteiger partial charge on any atom is -0.508 e. The van der Waals surface area contributed by atoms with Crippen molar-refractivity contribution in [3.8, 4) is 11.5 Å². The summed E-state index contributed by atoms with van der Waals surface area (Å²) in [5.74, 6) is -3.22. The molecule has 1 aromatic heterocycles. The van der Waals surface area contributed by atoms with E-state index in [1.54, 1.807) is 24.3 Å². The number of carbonyl (C=O) groups excluding carboxylic acids is 3. The number of carbonyl (C=O) groups is 3. The molecule has 3 aromatic carbocycles. The first-order valence-corrected chi connectivity index (χ1v) is 14.8. The van der Waals surface area contributed by atoms with Crippen molar-refractivity contribution in [2.24, 2.45) is 5.92 Å². The predicted molar refractivity (Wildman–Crippen MR) is 157 cm³/mol. The van der Waals surface area contributed by atoms with Gasteiger partial charge >= 0.3 is 11.0 Å². The van der Waals surface area contributed by atoms with Gasteiger partial charge in [0.15, 0.2) is 0 Å². The van der Waals surface area contributed by atoms with Gasteiger partial charge in [0.2, 0.25) is 17.7 Å². The molecule has 6 rings (SSSR count). The van der Waals surface area contributed by atoms with Gasteiger partial charge in [-0.3, -0.25) is 23.7 Å². The number of hydrogen-bond donors (Lipinski definition) is 2. The molecule has 1 saturated heterocycles. The Kier molecular flexibility index (Phi) is 7.49. The van der Waals surface area contributed by atoms with Gasteiger partial charge in [0.05, 0.1) is 29.3 Å². The van der Waals surface area contributed by atoms with Crippen molar-refractivity contribution in [3.05, 3.63) is 98.5 Å². The number of amides is 3. The first kappa shape index (κ1) is 29.5. The molecule has 2 unspecified atom stereocenters. The molecular weight excluding hydrogens is 619 g/mol. The predicted octanol–water partition coefficient (Wildman–Crippen LogP) is 5.08. The highest BCUT2D eigenvalue weighted by atomic mass is 32.2. The fraction of sp³-hybridized carbons (Fsp3) is 0.200. The van der Waals surface area contributed by atoms with Gasteiger partial charge in [-0.05, 0) is 60.2 Å². The molecule has 0 spiro atoms. The number of aromatic nitrogens is 1. The number of hydrogen-bond acceptors (Lipinski definition) is 8. The van der Waals surface area contributed by atoms with Crippen LogP contribution in [0.2, 0.25) is 0 Å². The summed E-state index contributed by atoms with van der Waals surface area (Å²) < 4.78 is 47.0. The van der Waals surface area contributed by atoms with Crippen LogP contribution < -0.4 is 19.8 Å². The van der Waals surface area contributed by atoms with Crippen LogP contribution in [0.15, 0.2) is 82.6 Å². The molecular formula is C30H22F3N3O6S2. The van der Waals surface area contributed by atoms with Gasteiger partial charge in [0.25, 0.3) is 0 Å². The van der Waals surface area contributed by atoms with Gasteiger partial charge in [-0.2, -0.15) is 13.2 Å². The van der Waals surface area contributed by atoms with Crippen molar-refractivity contribution in [1.29, 1.82) is 0 Å². The Morgan fingerprint density at radius 1 is 1.00 bits per heavy atom. The van der Waals surface area contributed by atoms with E-state index < -0.39 is 58.0 Å². The van der Waals surface area contributed by atoms with E-state index in [1.165, 1.54) is 42.0 Å². The lowest BCUT2D eigenvalue weighted by molar-refractivity contribution is -0.137. The topological polar surface area (TPSA) is 118 Å². The van der Waals surface area contributed by atoms with Crippen LogP contribution in [0.25, 0.3) is 0 Å². The van der Waals surface area contributed by atoms with Crippen LogP contribution in [0.4, 0.5) is 24.5 Å². The molecule has 0 bridgehead atoms. The van der Waals surface area contributed by atoms with Crippen LogP contribution in [0.5, 0.6) is 11.5 Å². The molecule has 0 radical (unpaired) electrons. The Labute approximate surface area is 255 Å². The van der Waals surface area contributed by atoms with Crippen LogP contribution >= 0.6 is 23.1 Å². The summed E-state index contributed by atoms with van der Waals surface area (Å²) in [5, 5.41) is 11.4. The number of alkyl halides is 3. The lowest BCUT2D eigenvalue weighted by atomic mass is 9.83. The summed E-state index contributed by atoms with van der Waals surface area (Å²) in [5.41, 5.74) is -0.219. The maximum atomic E-state index is 13.9. The van der Waals surface area contributed by atoms with Crippen LogP contribution in [-0.4, -0.2) is 39.8 Å². The fourth-order valence-corrected chi connectivity index (χ4v) is 8.16. The Bertz CT molecular complexity index is 1840. The van der Waals surface area contributed by atoms with Crippen LogP contribution in [-0.2, 0) is 27.1 Å². The Morgan fingerprint density at radius 3 is 2.36 bits per heavy atom. The first-order valence-electron chi connectivity index (χ1n) is 13.1. The summed E-state index contributed by atoms with van der Waals surface area (Å²) in [6, 6.07) is 16.5. The minimum absolute atomic E-state index is 0.0107. The molecule has 226 valence electrons. The number of nitrogens with zero attached hydrogens (tertiary/aromatic N) is 2. The summed E-state index contributed by atoms with van der Waals surface area (Å²) in [7, 11) is 1.49. The number of aromatic hydroxyl groups is 1. The molecule has 2 aliphatic heterocycles. The van der Waals surface area contributed by atoms with E-state index >= 15 is 0 Å². The van der Waals surface area contributed by atoms with Gasteiger partial charge in [-0.15, -0.1) is 0 Å². The number of phenols is 1. The smallest absolute Gasteiger partial charge is 0.416 e. The normalized spacial score (nSPS) is 19.5. The number of halogens is 3. The summed E-state index contributed by atoms with van der Waals surface area (Å²) >= 11 is 1.80. The van der Waals surface area contributed by atoms with E-state index in [-0.39, 0.29) is 11.4 Å². The number of anilines is 2. The van der Waals surface area contributed by atoms with Crippen molar-refractivity contribution in [3.63, 3.8) is 0 Å². The van der Waals surface area contributed by atoms with E-state index in [2.05, 4.69) is 5.32 Å². The minimum atomic E-state index is -4.68. The van der Waals surface area contributed by atoms with E-state index in [9.17, 15) is 37.5 Å². The number of nitrogens with one attached hydrogen (secondary N) is 1. The quantitative estimate of drug-likeness (QED) is 0.223. The Morgan fingerprint density at radius 2 is 1.70 bits per heavy atom. The Balaban J connectivity index is 1.41. The first-order chi connectivity index (χ1) is 21.0. The SMILES string of the molecule is COc1ccc([C@H]2c3sc(=O)n(CC(=O)Nc4ccc(O)cc4)c3SC3C(=O)N(c4cccc(C(F)(F)F)c4)C(=O)C32)cc1. The monoisotopic (exact) mass is 641 g/mol. The third-order valence-corrected chi connectivity index (χ3v) is 10.0. The number of methoxy groups -OCH3 is 1. The highest BCUT2D eigenvalue weighted by Crippen LogP contribution is 2.54. The molecule has 3 atom stereocenters. The van der Waals surface area contributed by atoms with Gasteiger partial charge in [0, 0.05) is 16.5 Å². The zero-order valence-electron chi connectivity index (χ0n) is 22.7. The molecule has 0 saturated carbocycles. The highest BCUT2D eigenvalue weighted by Gasteiger charge is 2.57. The lowest BCUT2D eigenvalue weighted by Gasteiger charge is -2.30. The molecule has 1 fully saturated rings. The average molecular weight is 642 g/mol. The zero-order chi connectivity index (χ0) is 31.3. The maximum Gasteiger partial charge on any atom is 0.416 e. The zero-order valence-corrected chi connectivity index (χ0v) is 24.3. The average Bonchev–Trinajstić information content (AvgIpc) is 3.44. The van der Waals surface area contributed by atoms with Gasteiger partial charge in [-0.1, -0.05) is 41.3 Å². The van der Waals surface area contributed by atoms with E-state index in [1.807, 2.05) is 0 Å². The van der Waals surface area contributed by atoms with Gasteiger partial charge in [-0.25, -0.2) is 4.90 Å². The molecule has 2 aliphatic rings. The molecule has 2 N–H and O–H groups in total. The van der Waals surface area contributed by atoms with Crippen molar-refractivity contribution in [2.75, 3.05) is 17.3 Å². The highest BCUT2D eigenvalue weighted by molar-refractivity contribution is 8.00. The molecule has 14 heteroatoms. The third kappa shape index (κ3) is 5.24. The van der Waals surface area contributed by atoms with E-state index in [4.69, 9.17) is 4.74 Å². The van der Waals surface area contributed by atoms with E-state index in [0.29, 0.717) is 26.9 Å². The molecule has 3 heterocycles. The Hall–Kier alpha value is -4.56. The number of fused-ring (bicyclic) bond motifs is 2. The second-order valence-electron chi connectivity index (χ2n) is 10.1. The summed E-state index contributed by atoms with van der Waals surface area (Å²) in [6.45, 7) is -0.398. The molecule has 0 aliphatic carbocycles. The van der Waals surface area contributed by atoms with Crippen molar-refractivity contribution < 1.29 is 37.4 Å². The maximum absolute atomic E-state index is 13.9. The molecule has 4 aromatic rings. The van der Waals surface area contributed by atoms with Crippen molar-refractivity contribution in [1.82, 2.24) is 4.57 Å². The largest absolute Gasteiger partial charge is 0.508 e. The van der Waals surface area contributed by atoms with Gasteiger partial charge in [0.1, 0.15) is 23.3 Å². The molecule has 3 amide bonds. The van der Waals surface area contributed by atoms with E-state index in [0.717, 1.165) is 46.2 Å². The standard InChI is InChI=1S/C30H22F3N3O6S2/c1-42-20-11-5-15(6-12-20)22-23-24(27(40)36(26(23)39)18-4-2-3-16(13-18)30(31,32)33)43-28-25(22)44-29(41)35(28)14-21(38)34-17-7-9-19(37)10-8-17/h2-13,22-24,37H,14H2,1H3,(H,34,38)/t22-,23?,24?/m1/s1. The number of rotatable bonds is 6. The number of phenolic OH excluding ortho intramolecular Hbond substituents is 1. The number of thiazole rings is 1. The third-order valence-electron chi connectivity index (χ3n) is 7.41. The number of thioether (sulfide) groups is 1. The molecule has 44 heavy (non-hydrogen) atoms. The lowest BCUT2D eigenvalue weighted by Crippen LogP contribution is -2.33. The number of benzene rings is 3. The second kappa shape index (κ2) is 11.2. The number of ether oxygens (including phenoxy) is 1. The van der Waals surface area contributed by atoms with Crippen molar-refractivity contribution in [2.45, 2.75) is 28.9 Å².